The molecule has 3 amide bonds. The second kappa shape index (κ2) is 6.32. The molecule has 1 saturated heterocycles. The van der Waals surface area contributed by atoms with Crippen LogP contribution in [0, 0.1) is 5.92 Å². The zero-order chi connectivity index (χ0) is 12.0. The first kappa shape index (κ1) is 12.8. The lowest BCUT2D eigenvalue weighted by molar-refractivity contribution is -0.126. The van der Waals surface area contributed by atoms with E-state index in [-0.39, 0.29) is 17.9 Å². The Morgan fingerprint density at radius 2 is 2.25 bits per heavy atom. The van der Waals surface area contributed by atoms with Gasteiger partial charge in [0.05, 0.1) is 5.92 Å². The SMILES string of the molecule is CNC(=O)N1CCCC(C(=O)NCCN)C1. The van der Waals surface area contributed by atoms with E-state index in [1.54, 1.807) is 11.9 Å². The number of urea groups is 1. The number of likely N-dealkylation sites (tertiary alicyclic amines) is 1. The maximum absolute atomic E-state index is 11.7. The van der Waals surface area contributed by atoms with Gasteiger partial charge in [0.2, 0.25) is 5.91 Å². The van der Waals surface area contributed by atoms with Gasteiger partial charge in [-0.3, -0.25) is 4.79 Å². The Hall–Kier alpha value is -1.30. The van der Waals surface area contributed by atoms with Gasteiger partial charge in [0.25, 0.3) is 0 Å². The average Bonchev–Trinajstić information content (AvgIpc) is 2.35. The normalized spacial score (nSPS) is 20.4. The Kier molecular flexibility index (Phi) is 5.04. The number of nitrogens with zero attached hydrogens (tertiary/aromatic N) is 1. The van der Waals surface area contributed by atoms with E-state index in [0.717, 1.165) is 19.4 Å². The maximum atomic E-state index is 11.7. The summed E-state index contributed by atoms with van der Waals surface area (Å²) < 4.78 is 0. The minimum Gasteiger partial charge on any atom is -0.355 e. The van der Waals surface area contributed by atoms with E-state index in [4.69, 9.17) is 5.73 Å². The highest BCUT2D eigenvalue weighted by Gasteiger charge is 2.27. The van der Waals surface area contributed by atoms with Crippen molar-refractivity contribution < 1.29 is 9.59 Å². The topological polar surface area (TPSA) is 87.5 Å². The highest BCUT2D eigenvalue weighted by Crippen LogP contribution is 2.16. The molecule has 1 heterocycles. The molecule has 1 aliphatic heterocycles. The van der Waals surface area contributed by atoms with Crippen molar-refractivity contribution in [2.45, 2.75) is 12.8 Å². The number of rotatable bonds is 3. The van der Waals surface area contributed by atoms with Gasteiger partial charge in [-0.05, 0) is 12.8 Å². The third-order valence-electron chi connectivity index (χ3n) is 2.74. The number of hydrogen-bond donors (Lipinski definition) is 3. The Morgan fingerprint density at radius 3 is 2.88 bits per heavy atom. The van der Waals surface area contributed by atoms with Crippen LogP contribution in [0.1, 0.15) is 12.8 Å². The number of nitrogens with one attached hydrogen (secondary N) is 2. The van der Waals surface area contributed by atoms with E-state index in [9.17, 15) is 9.59 Å². The highest BCUT2D eigenvalue weighted by atomic mass is 16.2. The predicted molar refractivity (Wildman–Crippen MR) is 60.8 cm³/mol. The first-order valence-corrected chi connectivity index (χ1v) is 5.63. The summed E-state index contributed by atoms with van der Waals surface area (Å²) >= 11 is 0. The van der Waals surface area contributed by atoms with E-state index < -0.39 is 0 Å². The smallest absolute Gasteiger partial charge is 0.317 e. The Balaban J connectivity index is 2.43. The fourth-order valence-electron chi connectivity index (χ4n) is 1.87. The van der Waals surface area contributed by atoms with Crippen molar-refractivity contribution in [3.8, 4) is 0 Å². The van der Waals surface area contributed by atoms with Gasteiger partial charge in [0.1, 0.15) is 0 Å². The molecular weight excluding hydrogens is 208 g/mol. The monoisotopic (exact) mass is 228 g/mol. The molecule has 1 rings (SSSR count). The lowest BCUT2D eigenvalue weighted by Crippen LogP contribution is -2.48. The van der Waals surface area contributed by atoms with Gasteiger partial charge in [-0.15, -0.1) is 0 Å². The summed E-state index contributed by atoms with van der Waals surface area (Å²) in [6, 6.07) is -0.115. The minimum absolute atomic E-state index is 0.000877. The van der Waals surface area contributed by atoms with Crippen molar-refractivity contribution in [1.29, 1.82) is 0 Å². The van der Waals surface area contributed by atoms with Crippen LogP contribution in [0.5, 0.6) is 0 Å². The van der Waals surface area contributed by atoms with Crippen molar-refractivity contribution in [3.63, 3.8) is 0 Å². The Morgan fingerprint density at radius 1 is 1.50 bits per heavy atom. The second-order valence-electron chi connectivity index (χ2n) is 3.92. The first-order chi connectivity index (χ1) is 7.69. The molecule has 0 saturated carbocycles. The van der Waals surface area contributed by atoms with Gasteiger partial charge in [0.15, 0.2) is 0 Å². The van der Waals surface area contributed by atoms with Crippen LogP contribution in [0.25, 0.3) is 0 Å². The van der Waals surface area contributed by atoms with Gasteiger partial charge in [-0.25, -0.2) is 4.79 Å². The van der Waals surface area contributed by atoms with E-state index in [2.05, 4.69) is 10.6 Å². The van der Waals surface area contributed by atoms with Gasteiger partial charge in [0, 0.05) is 33.2 Å². The second-order valence-corrected chi connectivity index (χ2v) is 3.92. The summed E-state index contributed by atoms with van der Waals surface area (Å²) in [7, 11) is 1.60. The molecule has 0 aliphatic carbocycles. The third-order valence-corrected chi connectivity index (χ3v) is 2.74. The van der Waals surface area contributed by atoms with Crippen LogP contribution < -0.4 is 16.4 Å². The van der Waals surface area contributed by atoms with Crippen molar-refractivity contribution in [3.05, 3.63) is 0 Å². The molecule has 4 N–H and O–H groups in total. The molecule has 0 aromatic heterocycles. The number of carbonyl (C=O) groups is 2. The summed E-state index contributed by atoms with van der Waals surface area (Å²) in [6.07, 6.45) is 1.71. The molecule has 0 spiro atoms. The van der Waals surface area contributed by atoms with Gasteiger partial charge in [-0.1, -0.05) is 0 Å². The molecule has 0 bridgehead atoms. The molecular formula is C10H20N4O2. The van der Waals surface area contributed by atoms with Crippen molar-refractivity contribution in [1.82, 2.24) is 15.5 Å². The molecule has 6 heteroatoms. The van der Waals surface area contributed by atoms with Crippen LogP contribution in [-0.4, -0.2) is 50.1 Å². The lowest BCUT2D eigenvalue weighted by Gasteiger charge is -2.31. The van der Waals surface area contributed by atoms with Crippen LogP contribution in [-0.2, 0) is 4.79 Å². The zero-order valence-corrected chi connectivity index (χ0v) is 9.66. The molecule has 0 aromatic carbocycles. The minimum atomic E-state index is -0.115. The molecule has 0 radical (unpaired) electrons. The number of piperidine rings is 1. The number of hydrogen-bond acceptors (Lipinski definition) is 3. The van der Waals surface area contributed by atoms with E-state index in [1.165, 1.54) is 0 Å². The van der Waals surface area contributed by atoms with E-state index >= 15 is 0 Å². The number of amides is 3. The Bertz CT molecular complexity index is 257. The van der Waals surface area contributed by atoms with Crippen LogP contribution >= 0.6 is 0 Å². The summed E-state index contributed by atoms with van der Waals surface area (Å²) in [5, 5.41) is 5.33. The van der Waals surface area contributed by atoms with Crippen LogP contribution in [0.15, 0.2) is 0 Å². The van der Waals surface area contributed by atoms with Crippen LogP contribution in [0.3, 0.4) is 0 Å². The largest absolute Gasteiger partial charge is 0.355 e. The summed E-state index contributed by atoms with van der Waals surface area (Å²) in [5.41, 5.74) is 5.31. The molecule has 0 aromatic rings. The quantitative estimate of drug-likeness (QED) is 0.586. The molecule has 1 fully saturated rings. The van der Waals surface area contributed by atoms with E-state index in [1.807, 2.05) is 0 Å². The van der Waals surface area contributed by atoms with Crippen molar-refractivity contribution >= 4 is 11.9 Å². The van der Waals surface area contributed by atoms with Crippen LogP contribution in [0.4, 0.5) is 4.79 Å². The fraction of sp³-hybridized carbons (Fsp3) is 0.800. The molecule has 92 valence electrons. The summed E-state index contributed by atoms with van der Waals surface area (Å²) in [4.78, 5) is 24.8. The number of carbonyl (C=O) groups excluding carboxylic acids is 2. The molecule has 6 nitrogen and oxygen atoms in total. The molecule has 1 aliphatic rings. The van der Waals surface area contributed by atoms with Gasteiger partial charge < -0.3 is 21.3 Å². The fourth-order valence-corrected chi connectivity index (χ4v) is 1.87. The van der Waals surface area contributed by atoms with Crippen LogP contribution in [0.2, 0.25) is 0 Å². The summed E-state index contributed by atoms with van der Waals surface area (Å²) in [5.74, 6) is -0.100. The molecule has 1 unspecified atom stereocenters. The zero-order valence-electron chi connectivity index (χ0n) is 9.66. The van der Waals surface area contributed by atoms with Gasteiger partial charge >= 0.3 is 6.03 Å². The van der Waals surface area contributed by atoms with E-state index in [0.29, 0.717) is 19.6 Å². The third kappa shape index (κ3) is 3.37. The molecule has 16 heavy (non-hydrogen) atoms. The average molecular weight is 228 g/mol. The van der Waals surface area contributed by atoms with Gasteiger partial charge in [-0.2, -0.15) is 0 Å². The Labute approximate surface area is 95.5 Å². The van der Waals surface area contributed by atoms with Crippen molar-refractivity contribution in [2.75, 3.05) is 33.2 Å². The maximum Gasteiger partial charge on any atom is 0.317 e. The lowest BCUT2D eigenvalue weighted by atomic mass is 9.97. The highest BCUT2D eigenvalue weighted by molar-refractivity contribution is 5.80. The summed E-state index contributed by atoms with van der Waals surface area (Å²) in [6.45, 7) is 2.16. The number of nitrogens with two attached hydrogens (primary N) is 1. The standard InChI is InChI=1S/C10H20N4O2/c1-12-10(16)14-6-2-3-8(7-14)9(15)13-5-4-11/h8H,2-7,11H2,1H3,(H,12,16)(H,13,15). The first-order valence-electron chi connectivity index (χ1n) is 5.63. The van der Waals surface area contributed by atoms with Crippen molar-refractivity contribution in [2.24, 2.45) is 11.7 Å². The predicted octanol–water partition coefficient (Wildman–Crippen LogP) is -0.887. The molecule has 1 atom stereocenters.